The van der Waals surface area contributed by atoms with Gasteiger partial charge in [-0.15, -0.1) is 0 Å². The third-order valence-electron chi connectivity index (χ3n) is 4.00. The van der Waals surface area contributed by atoms with Crippen molar-refractivity contribution < 1.29 is 18.0 Å². The number of halogens is 4. The molecule has 2 N–H and O–H groups in total. The molecule has 0 atom stereocenters. The van der Waals surface area contributed by atoms with E-state index in [4.69, 9.17) is 11.6 Å². The van der Waals surface area contributed by atoms with Gasteiger partial charge in [-0.3, -0.25) is 9.69 Å². The summed E-state index contributed by atoms with van der Waals surface area (Å²) >= 11 is 5.79. The highest BCUT2D eigenvalue weighted by molar-refractivity contribution is 6.32. The van der Waals surface area contributed by atoms with Crippen molar-refractivity contribution in [2.75, 3.05) is 31.5 Å². The van der Waals surface area contributed by atoms with E-state index in [9.17, 15) is 18.0 Å². The summed E-state index contributed by atoms with van der Waals surface area (Å²) in [6, 6.07) is 1.48. The normalized spacial score (nSPS) is 14.6. The lowest BCUT2D eigenvalue weighted by atomic mass is 10.2. The van der Waals surface area contributed by atoms with Crippen LogP contribution in [-0.4, -0.2) is 48.0 Å². The Bertz CT molecular complexity index is 593. The number of aromatic nitrogens is 1. The van der Waals surface area contributed by atoms with Gasteiger partial charge in [-0.05, 0) is 25.5 Å². The van der Waals surface area contributed by atoms with Crippen molar-refractivity contribution >= 4 is 23.3 Å². The van der Waals surface area contributed by atoms with Crippen molar-refractivity contribution in [1.29, 1.82) is 0 Å². The number of carbonyl (C=O) groups is 1. The SMILES string of the molecule is CCN(CCNC(=O)CCNc1ncc(C(F)(F)F)cc1Cl)C1CC1. The first-order chi connectivity index (χ1) is 11.8. The van der Waals surface area contributed by atoms with Crippen molar-refractivity contribution in [3.05, 3.63) is 22.8 Å². The number of amides is 1. The molecule has 1 heterocycles. The van der Waals surface area contributed by atoms with Gasteiger partial charge in [-0.1, -0.05) is 18.5 Å². The van der Waals surface area contributed by atoms with Crippen LogP contribution in [0.3, 0.4) is 0 Å². The topological polar surface area (TPSA) is 57.3 Å². The molecule has 1 amide bonds. The van der Waals surface area contributed by atoms with Crippen LogP contribution in [0.2, 0.25) is 5.02 Å². The summed E-state index contributed by atoms with van der Waals surface area (Å²) in [4.78, 5) is 17.8. The molecule has 0 saturated heterocycles. The third-order valence-corrected chi connectivity index (χ3v) is 4.29. The zero-order valence-electron chi connectivity index (χ0n) is 14.0. The van der Waals surface area contributed by atoms with Crippen LogP contribution >= 0.6 is 11.6 Å². The molecule has 140 valence electrons. The fourth-order valence-corrected chi connectivity index (χ4v) is 2.72. The van der Waals surface area contributed by atoms with Crippen LogP contribution in [0.4, 0.5) is 19.0 Å². The number of likely N-dealkylation sites (N-methyl/N-ethyl adjacent to an activating group) is 1. The van der Waals surface area contributed by atoms with E-state index < -0.39 is 11.7 Å². The van der Waals surface area contributed by atoms with E-state index in [1.54, 1.807) is 0 Å². The molecule has 9 heteroatoms. The van der Waals surface area contributed by atoms with Gasteiger partial charge in [0.2, 0.25) is 5.91 Å². The largest absolute Gasteiger partial charge is 0.417 e. The smallest absolute Gasteiger partial charge is 0.368 e. The summed E-state index contributed by atoms with van der Waals surface area (Å²) in [5.74, 6) is 0.00995. The van der Waals surface area contributed by atoms with Crippen LogP contribution < -0.4 is 10.6 Å². The summed E-state index contributed by atoms with van der Waals surface area (Å²) in [5, 5.41) is 5.49. The summed E-state index contributed by atoms with van der Waals surface area (Å²) in [6.07, 6.45) is -1.12. The standard InChI is InChI=1S/C16H22ClF3N4O/c1-2-24(12-3-4-12)8-7-21-14(25)5-6-22-15-13(17)9-11(10-23-15)16(18,19)20/h9-10,12H,2-8H2,1H3,(H,21,25)(H,22,23). The molecular weight excluding hydrogens is 357 g/mol. The van der Waals surface area contributed by atoms with Gasteiger partial charge >= 0.3 is 6.18 Å². The van der Waals surface area contributed by atoms with Gasteiger partial charge in [0.1, 0.15) is 5.82 Å². The Hall–Kier alpha value is -1.54. The quantitative estimate of drug-likeness (QED) is 0.693. The molecule has 0 aliphatic heterocycles. The van der Waals surface area contributed by atoms with Crippen LogP contribution in [0.1, 0.15) is 31.7 Å². The molecule has 1 aromatic rings. The van der Waals surface area contributed by atoms with E-state index >= 15 is 0 Å². The van der Waals surface area contributed by atoms with Gasteiger partial charge in [-0.25, -0.2) is 4.98 Å². The molecule has 25 heavy (non-hydrogen) atoms. The molecule has 2 rings (SSSR count). The molecule has 1 fully saturated rings. The lowest BCUT2D eigenvalue weighted by molar-refractivity contribution is -0.137. The van der Waals surface area contributed by atoms with Gasteiger partial charge in [0.25, 0.3) is 0 Å². The van der Waals surface area contributed by atoms with Crippen molar-refractivity contribution in [2.45, 2.75) is 38.4 Å². The number of hydrogen-bond donors (Lipinski definition) is 2. The molecule has 0 bridgehead atoms. The third kappa shape index (κ3) is 6.36. The van der Waals surface area contributed by atoms with Gasteiger partial charge in [0.05, 0.1) is 10.6 Å². The highest BCUT2D eigenvalue weighted by Gasteiger charge is 2.31. The number of nitrogens with one attached hydrogen (secondary N) is 2. The summed E-state index contributed by atoms with van der Waals surface area (Å²) in [5.41, 5.74) is -0.906. The highest BCUT2D eigenvalue weighted by Crippen LogP contribution is 2.32. The molecular formula is C16H22ClF3N4O. The highest BCUT2D eigenvalue weighted by atomic mass is 35.5. The maximum atomic E-state index is 12.5. The van der Waals surface area contributed by atoms with E-state index in [1.165, 1.54) is 12.8 Å². The Morgan fingerprint density at radius 3 is 2.68 bits per heavy atom. The Labute approximate surface area is 149 Å². The predicted octanol–water partition coefficient (Wildman–Crippen LogP) is 3.16. The van der Waals surface area contributed by atoms with Crippen molar-refractivity contribution in [1.82, 2.24) is 15.2 Å². The molecule has 5 nitrogen and oxygen atoms in total. The minimum atomic E-state index is -4.48. The zero-order valence-corrected chi connectivity index (χ0v) is 14.8. The monoisotopic (exact) mass is 378 g/mol. The molecule has 1 saturated carbocycles. The van der Waals surface area contributed by atoms with E-state index in [0.717, 1.165) is 19.2 Å². The van der Waals surface area contributed by atoms with E-state index in [-0.39, 0.29) is 29.7 Å². The molecule has 1 aliphatic carbocycles. The molecule has 0 radical (unpaired) electrons. The summed E-state index contributed by atoms with van der Waals surface area (Å²) in [6.45, 7) is 4.73. The predicted molar refractivity (Wildman–Crippen MR) is 90.6 cm³/mol. The maximum Gasteiger partial charge on any atom is 0.417 e. The first-order valence-electron chi connectivity index (χ1n) is 8.28. The molecule has 0 aromatic carbocycles. The Morgan fingerprint density at radius 1 is 1.40 bits per heavy atom. The average Bonchev–Trinajstić information content (AvgIpc) is 3.37. The fourth-order valence-electron chi connectivity index (χ4n) is 2.48. The second kappa shape index (κ2) is 8.71. The van der Waals surface area contributed by atoms with Gasteiger partial charge in [0.15, 0.2) is 0 Å². The number of pyridine rings is 1. The Balaban J connectivity index is 1.68. The minimum absolute atomic E-state index is 0.123. The van der Waals surface area contributed by atoms with E-state index in [0.29, 0.717) is 18.8 Å². The van der Waals surface area contributed by atoms with Gasteiger partial charge in [-0.2, -0.15) is 13.2 Å². The van der Waals surface area contributed by atoms with Gasteiger partial charge < -0.3 is 10.6 Å². The van der Waals surface area contributed by atoms with E-state index in [1.807, 2.05) is 0 Å². The van der Waals surface area contributed by atoms with Crippen LogP contribution in [0.15, 0.2) is 12.3 Å². The van der Waals surface area contributed by atoms with Crippen LogP contribution in [0.25, 0.3) is 0 Å². The lowest BCUT2D eigenvalue weighted by Gasteiger charge is -2.19. The average molecular weight is 379 g/mol. The Morgan fingerprint density at radius 2 is 2.12 bits per heavy atom. The fraction of sp³-hybridized carbons (Fsp3) is 0.625. The number of carbonyl (C=O) groups excluding carboxylic acids is 1. The second-order valence-corrected chi connectivity index (χ2v) is 6.35. The minimum Gasteiger partial charge on any atom is -0.368 e. The van der Waals surface area contributed by atoms with Crippen LogP contribution in [0, 0.1) is 0 Å². The van der Waals surface area contributed by atoms with Gasteiger partial charge in [0, 0.05) is 38.3 Å². The number of rotatable bonds is 9. The van der Waals surface area contributed by atoms with Crippen molar-refractivity contribution in [2.24, 2.45) is 0 Å². The van der Waals surface area contributed by atoms with Crippen molar-refractivity contribution in [3.8, 4) is 0 Å². The molecule has 0 spiro atoms. The van der Waals surface area contributed by atoms with Crippen molar-refractivity contribution in [3.63, 3.8) is 0 Å². The number of hydrogen-bond acceptors (Lipinski definition) is 4. The molecule has 1 aliphatic rings. The number of alkyl halides is 3. The summed E-state index contributed by atoms with van der Waals surface area (Å²) < 4.78 is 37.6. The lowest BCUT2D eigenvalue weighted by Crippen LogP contribution is -2.36. The first-order valence-corrected chi connectivity index (χ1v) is 8.66. The zero-order chi connectivity index (χ0) is 18.4. The first kappa shape index (κ1) is 19.8. The van der Waals surface area contributed by atoms with Crippen LogP contribution in [-0.2, 0) is 11.0 Å². The summed E-state index contributed by atoms with van der Waals surface area (Å²) in [7, 11) is 0. The number of nitrogens with zero attached hydrogens (tertiary/aromatic N) is 2. The van der Waals surface area contributed by atoms with Crippen LogP contribution in [0.5, 0.6) is 0 Å². The molecule has 0 unspecified atom stereocenters. The molecule has 1 aromatic heterocycles. The van der Waals surface area contributed by atoms with E-state index in [2.05, 4.69) is 27.4 Å². The number of anilines is 1. The second-order valence-electron chi connectivity index (χ2n) is 5.94. The Kier molecular flexibility index (Phi) is 6.89. The maximum absolute atomic E-state index is 12.5.